The van der Waals surface area contributed by atoms with E-state index in [4.69, 9.17) is 9.84 Å². The largest absolute Gasteiger partial charge is 0.454 e. The maximum absolute atomic E-state index is 11.8. The molecule has 102 valence electrons. The quantitative estimate of drug-likeness (QED) is 0.465. The molecule has 0 aliphatic carbocycles. The highest BCUT2D eigenvalue weighted by molar-refractivity contribution is 5.89. The van der Waals surface area contributed by atoms with E-state index in [1.807, 2.05) is 18.2 Å². The van der Waals surface area contributed by atoms with Gasteiger partial charge in [-0.3, -0.25) is 0 Å². The average molecular weight is 260 g/mol. The van der Waals surface area contributed by atoms with Gasteiger partial charge in [0.2, 0.25) is 0 Å². The Balaban J connectivity index is 2.46. The standard InChI is InChI=1S/C16H20O3/c1-13(9-5-4-8-12-17)14(2)19-16(18)15-10-6-3-7-11-15/h3,5-7,9-11,14,17H,1,4,8,12H2,2H3/b9-5-. The summed E-state index contributed by atoms with van der Waals surface area (Å²) in [6, 6.07) is 8.88. The van der Waals surface area contributed by atoms with Crippen molar-refractivity contribution in [1.82, 2.24) is 0 Å². The molecule has 0 amide bonds. The first-order valence-corrected chi connectivity index (χ1v) is 6.37. The number of allylic oxidation sites excluding steroid dienone is 1. The predicted molar refractivity (Wildman–Crippen MR) is 75.9 cm³/mol. The Hall–Kier alpha value is -1.87. The molecule has 0 fully saturated rings. The number of aliphatic hydroxyl groups excluding tert-OH is 1. The summed E-state index contributed by atoms with van der Waals surface area (Å²) in [6.45, 7) is 5.84. The molecular formula is C16H20O3. The van der Waals surface area contributed by atoms with Crippen molar-refractivity contribution < 1.29 is 14.6 Å². The number of esters is 1. The van der Waals surface area contributed by atoms with Crippen LogP contribution in [0.2, 0.25) is 0 Å². The Morgan fingerprint density at radius 2 is 2.11 bits per heavy atom. The van der Waals surface area contributed by atoms with Gasteiger partial charge in [-0.05, 0) is 37.5 Å². The molecule has 3 nitrogen and oxygen atoms in total. The van der Waals surface area contributed by atoms with E-state index in [9.17, 15) is 4.79 Å². The molecular weight excluding hydrogens is 240 g/mol. The van der Waals surface area contributed by atoms with Gasteiger partial charge < -0.3 is 9.84 Å². The number of rotatable bonds is 7. The number of unbranched alkanes of at least 4 members (excludes halogenated alkanes) is 1. The van der Waals surface area contributed by atoms with Crippen LogP contribution < -0.4 is 0 Å². The zero-order valence-corrected chi connectivity index (χ0v) is 11.2. The second-order valence-corrected chi connectivity index (χ2v) is 4.26. The summed E-state index contributed by atoms with van der Waals surface area (Å²) in [6.07, 6.45) is 4.90. The van der Waals surface area contributed by atoms with Crippen molar-refractivity contribution in [3.05, 3.63) is 60.2 Å². The molecule has 0 saturated heterocycles. The van der Waals surface area contributed by atoms with Gasteiger partial charge >= 0.3 is 5.97 Å². The Bertz CT molecular complexity index is 435. The molecule has 1 N–H and O–H groups in total. The molecule has 0 bridgehead atoms. The molecule has 1 aromatic carbocycles. The predicted octanol–water partition coefficient (Wildman–Crippen LogP) is 3.12. The Kier molecular flexibility index (Phi) is 6.61. The third-order valence-electron chi connectivity index (χ3n) is 2.68. The molecule has 0 saturated carbocycles. The summed E-state index contributed by atoms with van der Waals surface area (Å²) >= 11 is 0. The van der Waals surface area contributed by atoms with Crippen LogP contribution in [0.5, 0.6) is 0 Å². The smallest absolute Gasteiger partial charge is 0.338 e. The zero-order valence-electron chi connectivity index (χ0n) is 11.2. The lowest BCUT2D eigenvalue weighted by atomic mass is 10.1. The number of hydrogen-bond acceptors (Lipinski definition) is 3. The highest BCUT2D eigenvalue weighted by Gasteiger charge is 2.12. The van der Waals surface area contributed by atoms with Gasteiger partial charge in [0.15, 0.2) is 0 Å². The summed E-state index contributed by atoms with van der Waals surface area (Å²) in [5.41, 5.74) is 1.27. The van der Waals surface area contributed by atoms with Crippen LogP contribution in [-0.2, 0) is 4.74 Å². The Morgan fingerprint density at radius 1 is 1.42 bits per heavy atom. The van der Waals surface area contributed by atoms with E-state index in [0.29, 0.717) is 5.56 Å². The van der Waals surface area contributed by atoms with Crippen LogP contribution in [0.1, 0.15) is 30.1 Å². The van der Waals surface area contributed by atoms with Crippen LogP contribution in [-0.4, -0.2) is 23.8 Å². The summed E-state index contributed by atoms with van der Waals surface area (Å²) in [5.74, 6) is -0.349. The van der Waals surface area contributed by atoms with Crippen molar-refractivity contribution in [2.24, 2.45) is 0 Å². The topological polar surface area (TPSA) is 46.5 Å². The fraction of sp³-hybridized carbons (Fsp3) is 0.312. The first-order chi connectivity index (χ1) is 9.15. The number of carbonyl (C=O) groups excluding carboxylic acids is 1. The van der Waals surface area contributed by atoms with E-state index in [2.05, 4.69) is 6.58 Å². The SMILES string of the molecule is C=C(/C=C\CCCO)C(C)OC(=O)c1ccccc1. The van der Waals surface area contributed by atoms with Gasteiger partial charge in [0, 0.05) is 6.61 Å². The molecule has 1 aromatic rings. The minimum Gasteiger partial charge on any atom is -0.454 e. The van der Waals surface area contributed by atoms with Gasteiger partial charge in [-0.15, -0.1) is 0 Å². The highest BCUT2D eigenvalue weighted by atomic mass is 16.5. The van der Waals surface area contributed by atoms with Gasteiger partial charge in [0.25, 0.3) is 0 Å². The molecule has 19 heavy (non-hydrogen) atoms. The fourth-order valence-electron chi connectivity index (χ4n) is 1.46. The van der Waals surface area contributed by atoms with E-state index in [1.54, 1.807) is 31.2 Å². The van der Waals surface area contributed by atoms with E-state index in [0.717, 1.165) is 18.4 Å². The van der Waals surface area contributed by atoms with Gasteiger partial charge in [-0.25, -0.2) is 4.79 Å². The molecule has 0 aromatic heterocycles. The van der Waals surface area contributed by atoms with Crippen molar-refractivity contribution >= 4 is 5.97 Å². The molecule has 0 aliphatic heterocycles. The van der Waals surface area contributed by atoms with Gasteiger partial charge in [-0.2, -0.15) is 0 Å². The average Bonchev–Trinajstić information content (AvgIpc) is 2.44. The lowest BCUT2D eigenvalue weighted by Crippen LogP contribution is -2.16. The number of aliphatic hydroxyl groups is 1. The second-order valence-electron chi connectivity index (χ2n) is 4.26. The summed E-state index contributed by atoms with van der Waals surface area (Å²) in [5, 5.41) is 8.66. The van der Waals surface area contributed by atoms with Crippen molar-refractivity contribution in [2.75, 3.05) is 6.61 Å². The number of hydrogen-bond donors (Lipinski definition) is 1. The minimum absolute atomic E-state index is 0.176. The lowest BCUT2D eigenvalue weighted by Gasteiger charge is -2.13. The molecule has 0 heterocycles. The van der Waals surface area contributed by atoms with Crippen LogP contribution in [0, 0.1) is 0 Å². The Labute approximate surface area is 114 Å². The maximum Gasteiger partial charge on any atom is 0.338 e. The van der Waals surface area contributed by atoms with E-state index in [-0.39, 0.29) is 18.7 Å². The zero-order chi connectivity index (χ0) is 14.1. The number of ether oxygens (including phenoxy) is 1. The van der Waals surface area contributed by atoms with Gasteiger partial charge in [0.1, 0.15) is 6.10 Å². The van der Waals surface area contributed by atoms with Crippen molar-refractivity contribution in [2.45, 2.75) is 25.9 Å². The van der Waals surface area contributed by atoms with E-state index < -0.39 is 0 Å². The van der Waals surface area contributed by atoms with Crippen LogP contribution in [0.3, 0.4) is 0 Å². The maximum atomic E-state index is 11.8. The molecule has 3 heteroatoms. The van der Waals surface area contributed by atoms with E-state index in [1.165, 1.54) is 0 Å². The van der Waals surface area contributed by atoms with Crippen LogP contribution in [0.25, 0.3) is 0 Å². The molecule has 1 atom stereocenters. The highest BCUT2D eigenvalue weighted by Crippen LogP contribution is 2.10. The monoisotopic (exact) mass is 260 g/mol. The van der Waals surface area contributed by atoms with Crippen LogP contribution in [0.15, 0.2) is 54.6 Å². The van der Waals surface area contributed by atoms with E-state index >= 15 is 0 Å². The molecule has 1 unspecified atom stereocenters. The van der Waals surface area contributed by atoms with Crippen LogP contribution in [0.4, 0.5) is 0 Å². The van der Waals surface area contributed by atoms with Crippen LogP contribution >= 0.6 is 0 Å². The summed E-state index contributed by atoms with van der Waals surface area (Å²) in [7, 11) is 0. The first kappa shape index (κ1) is 15.2. The number of carbonyl (C=O) groups is 1. The van der Waals surface area contributed by atoms with Gasteiger partial charge in [0.05, 0.1) is 5.56 Å². The third kappa shape index (κ3) is 5.53. The summed E-state index contributed by atoms with van der Waals surface area (Å²) in [4.78, 5) is 11.8. The second kappa shape index (κ2) is 8.27. The summed E-state index contributed by atoms with van der Waals surface area (Å²) < 4.78 is 5.32. The first-order valence-electron chi connectivity index (χ1n) is 6.37. The Morgan fingerprint density at radius 3 is 2.74 bits per heavy atom. The number of benzene rings is 1. The molecule has 0 radical (unpaired) electrons. The molecule has 1 rings (SSSR count). The lowest BCUT2D eigenvalue weighted by molar-refractivity contribution is 0.0412. The normalized spacial score (nSPS) is 12.3. The fourth-order valence-corrected chi connectivity index (χ4v) is 1.46. The molecule has 0 aliphatic rings. The van der Waals surface area contributed by atoms with Crippen molar-refractivity contribution in [3.63, 3.8) is 0 Å². The third-order valence-corrected chi connectivity index (χ3v) is 2.68. The van der Waals surface area contributed by atoms with Crippen molar-refractivity contribution in [3.8, 4) is 0 Å². The molecule has 0 spiro atoms. The minimum atomic E-state index is -0.363. The van der Waals surface area contributed by atoms with Gasteiger partial charge in [-0.1, -0.05) is 36.9 Å². The van der Waals surface area contributed by atoms with Crippen molar-refractivity contribution in [1.29, 1.82) is 0 Å².